The van der Waals surface area contributed by atoms with Gasteiger partial charge in [-0.1, -0.05) is 30.0 Å². The van der Waals surface area contributed by atoms with Crippen LogP contribution in [0.25, 0.3) is 11.1 Å². The molecule has 1 N–H and O–H groups in total. The van der Waals surface area contributed by atoms with Crippen LogP contribution < -0.4 is 14.8 Å². The summed E-state index contributed by atoms with van der Waals surface area (Å²) < 4.78 is 31.1. The normalized spacial score (nSPS) is 10.6. The average molecular weight is 569 g/mol. The third-order valence-corrected chi connectivity index (χ3v) is 7.32. The SMILES string of the molecule is C=CCn1c(COc2ccc(OC)cc2)nnc1SCC(=O)Nc1scc(-c2ccc(F)cc2)c1C(=O)OC. The number of benzene rings is 2. The van der Waals surface area contributed by atoms with Gasteiger partial charge in [-0.15, -0.1) is 28.1 Å². The second-order valence-electron chi connectivity index (χ2n) is 7.95. The zero-order valence-electron chi connectivity index (χ0n) is 21.2. The molecule has 2 aromatic heterocycles. The summed E-state index contributed by atoms with van der Waals surface area (Å²) in [5.41, 5.74) is 1.38. The van der Waals surface area contributed by atoms with Gasteiger partial charge in [-0.3, -0.25) is 9.36 Å². The number of allylic oxidation sites excluding steroid dienone is 1. The molecule has 0 saturated heterocycles. The Kier molecular flexibility index (Phi) is 9.34. The number of amides is 1. The van der Waals surface area contributed by atoms with E-state index in [1.54, 1.807) is 55.0 Å². The zero-order valence-corrected chi connectivity index (χ0v) is 22.8. The van der Waals surface area contributed by atoms with Crippen LogP contribution in [0.3, 0.4) is 0 Å². The second kappa shape index (κ2) is 13.1. The molecule has 0 unspecified atom stereocenters. The Balaban J connectivity index is 1.43. The molecule has 0 spiro atoms. The topological polar surface area (TPSA) is 105 Å². The summed E-state index contributed by atoms with van der Waals surface area (Å²) in [5.74, 6) is 0.617. The summed E-state index contributed by atoms with van der Waals surface area (Å²) in [6.45, 7) is 4.39. The summed E-state index contributed by atoms with van der Waals surface area (Å²) >= 11 is 2.38. The van der Waals surface area contributed by atoms with Crippen molar-refractivity contribution in [2.45, 2.75) is 18.3 Å². The Hall–Kier alpha value is -4.16. The number of thiophene rings is 1. The number of aromatic nitrogens is 3. The molecule has 202 valence electrons. The summed E-state index contributed by atoms with van der Waals surface area (Å²) in [4.78, 5) is 25.4. The molecule has 2 aromatic carbocycles. The number of halogens is 1. The molecule has 0 bridgehead atoms. The number of methoxy groups -OCH3 is 2. The van der Waals surface area contributed by atoms with Crippen LogP contribution in [0.1, 0.15) is 16.2 Å². The molecule has 0 aliphatic carbocycles. The summed E-state index contributed by atoms with van der Waals surface area (Å²) in [5, 5.41) is 13.8. The van der Waals surface area contributed by atoms with Gasteiger partial charge in [0.05, 0.1) is 20.0 Å². The number of carbonyl (C=O) groups is 2. The van der Waals surface area contributed by atoms with Crippen molar-refractivity contribution in [2.75, 3.05) is 25.3 Å². The molecule has 4 aromatic rings. The first-order valence-corrected chi connectivity index (χ1v) is 13.5. The summed E-state index contributed by atoms with van der Waals surface area (Å²) in [6, 6.07) is 12.9. The molecule has 0 aliphatic heterocycles. The minimum Gasteiger partial charge on any atom is -0.497 e. The number of nitrogens with zero attached hydrogens (tertiary/aromatic N) is 3. The van der Waals surface area contributed by atoms with E-state index in [0.717, 1.165) is 5.75 Å². The molecule has 4 rings (SSSR count). The van der Waals surface area contributed by atoms with Crippen molar-refractivity contribution in [3.05, 3.63) is 83.8 Å². The van der Waals surface area contributed by atoms with E-state index >= 15 is 0 Å². The van der Waals surface area contributed by atoms with E-state index in [0.29, 0.717) is 39.4 Å². The van der Waals surface area contributed by atoms with Crippen LogP contribution in [0, 0.1) is 5.82 Å². The molecular weight excluding hydrogens is 543 g/mol. The van der Waals surface area contributed by atoms with Crippen LogP contribution in [0.5, 0.6) is 11.5 Å². The summed E-state index contributed by atoms with van der Waals surface area (Å²) in [7, 11) is 2.86. The largest absolute Gasteiger partial charge is 0.497 e. The van der Waals surface area contributed by atoms with Crippen molar-refractivity contribution in [1.29, 1.82) is 0 Å². The quantitative estimate of drug-likeness (QED) is 0.137. The zero-order chi connectivity index (χ0) is 27.8. The van der Waals surface area contributed by atoms with Gasteiger partial charge < -0.3 is 19.5 Å². The fraction of sp³-hybridized carbons (Fsp3) is 0.185. The third-order valence-electron chi connectivity index (χ3n) is 5.45. The number of thioether (sulfide) groups is 1. The molecule has 0 radical (unpaired) electrons. The van der Waals surface area contributed by atoms with E-state index in [1.165, 1.54) is 42.3 Å². The molecule has 2 heterocycles. The minimum absolute atomic E-state index is 0.0129. The van der Waals surface area contributed by atoms with E-state index < -0.39 is 5.97 Å². The highest BCUT2D eigenvalue weighted by atomic mass is 32.2. The number of ether oxygens (including phenoxy) is 3. The average Bonchev–Trinajstić information content (AvgIpc) is 3.55. The van der Waals surface area contributed by atoms with Gasteiger partial charge in [-0.25, -0.2) is 9.18 Å². The lowest BCUT2D eigenvalue weighted by molar-refractivity contribution is -0.113. The number of hydrogen-bond acceptors (Lipinski definition) is 9. The Morgan fingerprint density at radius 2 is 1.82 bits per heavy atom. The van der Waals surface area contributed by atoms with E-state index in [9.17, 15) is 14.0 Å². The molecule has 39 heavy (non-hydrogen) atoms. The first-order chi connectivity index (χ1) is 18.9. The fourth-order valence-electron chi connectivity index (χ4n) is 3.55. The number of esters is 1. The number of carbonyl (C=O) groups excluding carboxylic acids is 2. The first-order valence-electron chi connectivity index (χ1n) is 11.6. The van der Waals surface area contributed by atoms with Gasteiger partial charge in [0.15, 0.2) is 11.0 Å². The van der Waals surface area contributed by atoms with Crippen molar-refractivity contribution in [2.24, 2.45) is 0 Å². The lowest BCUT2D eigenvalue weighted by Crippen LogP contribution is -2.16. The van der Waals surface area contributed by atoms with E-state index in [1.807, 2.05) is 4.57 Å². The van der Waals surface area contributed by atoms with Gasteiger partial charge in [0, 0.05) is 17.5 Å². The van der Waals surface area contributed by atoms with Crippen molar-refractivity contribution >= 4 is 40.0 Å². The maximum Gasteiger partial charge on any atom is 0.341 e. The molecule has 12 heteroatoms. The number of anilines is 1. The highest BCUT2D eigenvalue weighted by Gasteiger charge is 2.23. The van der Waals surface area contributed by atoms with Gasteiger partial charge in [0.2, 0.25) is 5.91 Å². The molecule has 1 amide bonds. The number of rotatable bonds is 12. The maximum absolute atomic E-state index is 13.4. The molecule has 0 fully saturated rings. The van der Waals surface area contributed by atoms with Crippen LogP contribution in [0.2, 0.25) is 0 Å². The Labute approximate surface area is 232 Å². The van der Waals surface area contributed by atoms with Crippen LogP contribution in [-0.2, 0) is 22.7 Å². The Bertz CT molecular complexity index is 1450. The monoisotopic (exact) mass is 568 g/mol. The predicted octanol–water partition coefficient (Wildman–Crippen LogP) is 5.44. The fourth-order valence-corrected chi connectivity index (χ4v) is 5.29. The van der Waals surface area contributed by atoms with Gasteiger partial charge >= 0.3 is 5.97 Å². The highest BCUT2D eigenvalue weighted by Crippen LogP contribution is 2.36. The van der Waals surface area contributed by atoms with Crippen LogP contribution in [0.4, 0.5) is 9.39 Å². The van der Waals surface area contributed by atoms with E-state index in [-0.39, 0.29) is 29.6 Å². The Morgan fingerprint density at radius 1 is 1.10 bits per heavy atom. The highest BCUT2D eigenvalue weighted by molar-refractivity contribution is 7.99. The van der Waals surface area contributed by atoms with Crippen molar-refractivity contribution in [3.8, 4) is 22.6 Å². The standard InChI is InChI=1S/C27H25FN4O5S2/c1-4-13-32-22(14-37-20-11-9-19(35-2)10-12-20)30-31-27(32)39-16-23(33)29-25-24(26(34)36-3)21(15-38-25)17-5-7-18(28)8-6-17/h4-12,15H,1,13-14,16H2,2-3H3,(H,29,33). The van der Waals surface area contributed by atoms with Gasteiger partial charge in [0.1, 0.15) is 34.5 Å². The van der Waals surface area contributed by atoms with E-state index in [4.69, 9.17) is 14.2 Å². The molecule has 0 aliphatic rings. The number of nitrogens with one attached hydrogen (secondary N) is 1. The lowest BCUT2D eigenvalue weighted by atomic mass is 10.0. The first kappa shape index (κ1) is 27.9. The smallest absolute Gasteiger partial charge is 0.341 e. The van der Waals surface area contributed by atoms with E-state index in [2.05, 4.69) is 22.1 Å². The predicted molar refractivity (Wildman–Crippen MR) is 148 cm³/mol. The molecule has 0 atom stereocenters. The van der Waals surface area contributed by atoms with Gasteiger partial charge in [-0.05, 0) is 42.0 Å². The van der Waals surface area contributed by atoms with Crippen LogP contribution in [0.15, 0.2) is 71.7 Å². The molecular formula is C27H25FN4O5S2. The number of hydrogen-bond donors (Lipinski definition) is 1. The van der Waals surface area contributed by atoms with Crippen molar-refractivity contribution in [3.63, 3.8) is 0 Å². The van der Waals surface area contributed by atoms with Crippen molar-refractivity contribution < 1.29 is 28.2 Å². The lowest BCUT2D eigenvalue weighted by Gasteiger charge is -2.10. The molecule has 9 nitrogen and oxygen atoms in total. The summed E-state index contributed by atoms with van der Waals surface area (Å²) in [6.07, 6.45) is 1.70. The third kappa shape index (κ3) is 6.84. The van der Waals surface area contributed by atoms with Crippen LogP contribution in [-0.4, -0.2) is 46.6 Å². The second-order valence-corrected chi connectivity index (χ2v) is 9.77. The molecule has 0 saturated carbocycles. The van der Waals surface area contributed by atoms with Gasteiger partial charge in [-0.2, -0.15) is 0 Å². The maximum atomic E-state index is 13.4. The van der Waals surface area contributed by atoms with Crippen molar-refractivity contribution in [1.82, 2.24) is 14.8 Å². The minimum atomic E-state index is -0.606. The van der Waals surface area contributed by atoms with Gasteiger partial charge in [0.25, 0.3) is 0 Å². The Morgan fingerprint density at radius 3 is 2.49 bits per heavy atom. The van der Waals surface area contributed by atoms with Crippen LogP contribution >= 0.6 is 23.1 Å².